The lowest BCUT2D eigenvalue weighted by Gasteiger charge is -2.29. The number of rotatable bonds is 4. The molecule has 0 N–H and O–H groups in total. The first-order valence-corrected chi connectivity index (χ1v) is 10.4. The Labute approximate surface area is 180 Å². The summed E-state index contributed by atoms with van der Waals surface area (Å²) in [5.74, 6) is 1.44. The van der Waals surface area contributed by atoms with E-state index in [9.17, 15) is 4.79 Å². The molecule has 0 bridgehead atoms. The molecule has 0 saturated carbocycles. The number of hydrogen-bond acceptors (Lipinski definition) is 5. The van der Waals surface area contributed by atoms with E-state index in [1.807, 2.05) is 0 Å². The first-order valence-electron chi connectivity index (χ1n) is 8.25. The van der Waals surface area contributed by atoms with E-state index in [4.69, 9.17) is 39.5 Å². The van der Waals surface area contributed by atoms with Crippen LogP contribution in [0.25, 0.3) is 0 Å². The predicted molar refractivity (Wildman–Crippen MR) is 110 cm³/mol. The third kappa shape index (κ3) is 3.93. The summed E-state index contributed by atoms with van der Waals surface area (Å²) in [6.07, 6.45) is 0. The van der Waals surface area contributed by atoms with E-state index in [1.54, 1.807) is 52.1 Å². The Hall–Kier alpha value is -1.93. The predicted octanol–water partition coefficient (Wildman–Crippen LogP) is 4.70. The molecule has 28 heavy (non-hydrogen) atoms. The molecule has 1 aromatic heterocycles. The van der Waals surface area contributed by atoms with Crippen LogP contribution < -0.4 is 9.75 Å². The Morgan fingerprint density at radius 1 is 1.11 bits per heavy atom. The quantitative estimate of drug-likeness (QED) is 0.570. The van der Waals surface area contributed by atoms with E-state index in [2.05, 4.69) is 10.2 Å². The average molecular weight is 456 g/mol. The molecule has 3 aromatic rings. The van der Waals surface area contributed by atoms with Crippen molar-refractivity contribution in [2.24, 2.45) is 0 Å². The molecule has 1 aliphatic heterocycles. The van der Waals surface area contributed by atoms with Gasteiger partial charge in [-0.25, -0.2) is 9.69 Å². The summed E-state index contributed by atoms with van der Waals surface area (Å²) in [5, 5.41) is 12.0. The minimum Gasteiger partial charge on any atom is -0.484 e. The van der Waals surface area contributed by atoms with E-state index in [1.165, 1.54) is 11.8 Å². The number of carbonyl (C=O) groups excluding carboxylic acids is 1. The second-order valence-corrected chi connectivity index (χ2v) is 8.20. The number of benzene rings is 2. The topological polar surface area (TPSA) is 60.3 Å². The van der Waals surface area contributed by atoms with Crippen LogP contribution in [0.15, 0.2) is 47.6 Å². The second-order valence-electron chi connectivity index (χ2n) is 5.86. The van der Waals surface area contributed by atoms with Gasteiger partial charge in [0.2, 0.25) is 5.16 Å². The fourth-order valence-corrected chi connectivity index (χ4v) is 4.13. The Balaban J connectivity index is 1.61. The highest BCUT2D eigenvalue weighted by atomic mass is 35.5. The van der Waals surface area contributed by atoms with Crippen molar-refractivity contribution in [3.63, 3.8) is 0 Å². The first kappa shape index (κ1) is 19.4. The lowest BCUT2D eigenvalue weighted by atomic mass is 10.2. The Bertz CT molecular complexity index is 1040. The third-order valence-electron chi connectivity index (χ3n) is 4.01. The standard InChI is InChI=1S/C18H13Cl3N4O2S/c19-12-3-1-2-11(8-12)17(26)24-6-7-28-18-23-22-16(25(18)24)10-27-15-9-13(20)4-5-14(15)21/h1-5,8-9H,6-7,10H2. The molecular weight excluding hydrogens is 443 g/mol. The van der Waals surface area contributed by atoms with Gasteiger partial charge in [0.15, 0.2) is 5.82 Å². The zero-order valence-electron chi connectivity index (χ0n) is 14.3. The molecule has 2 heterocycles. The van der Waals surface area contributed by atoms with E-state index in [-0.39, 0.29) is 12.5 Å². The summed E-state index contributed by atoms with van der Waals surface area (Å²) >= 11 is 19.7. The van der Waals surface area contributed by atoms with E-state index >= 15 is 0 Å². The molecule has 0 saturated heterocycles. The van der Waals surface area contributed by atoms with Crippen LogP contribution in [0.5, 0.6) is 5.75 Å². The molecule has 6 nitrogen and oxygen atoms in total. The highest BCUT2D eigenvalue weighted by Gasteiger charge is 2.28. The number of carbonyl (C=O) groups is 1. The van der Waals surface area contributed by atoms with Crippen molar-refractivity contribution >= 4 is 52.5 Å². The molecule has 0 radical (unpaired) electrons. The highest BCUT2D eigenvalue weighted by molar-refractivity contribution is 7.99. The van der Waals surface area contributed by atoms with Gasteiger partial charge in [0.25, 0.3) is 5.91 Å². The summed E-state index contributed by atoms with van der Waals surface area (Å²) in [5.41, 5.74) is 0.490. The molecule has 1 amide bonds. The van der Waals surface area contributed by atoms with Crippen molar-refractivity contribution in [1.82, 2.24) is 14.9 Å². The number of thioether (sulfide) groups is 1. The summed E-state index contributed by atoms with van der Waals surface area (Å²) < 4.78 is 7.45. The third-order valence-corrected chi connectivity index (χ3v) is 5.69. The van der Waals surface area contributed by atoms with Gasteiger partial charge in [-0.1, -0.05) is 52.6 Å². The van der Waals surface area contributed by atoms with Gasteiger partial charge in [-0.2, -0.15) is 0 Å². The summed E-state index contributed by atoms with van der Waals surface area (Å²) in [4.78, 5) is 13.0. The Morgan fingerprint density at radius 2 is 1.93 bits per heavy atom. The van der Waals surface area contributed by atoms with Crippen LogP contribution in [0.1, 0.15) is 16.2 Å². The van der Waals surface area contributed by atoms with Crippen molar-refractivity contribution in [1.29, 1.82) is 0 Å². The lowest BCUT2D eigenvalue weighted by molar-refractivity contribution is 0.0953. The largest absolute Gasteiger partial charge is 0.484 e. The molecular formula is C18H13Cl3N4O2S. The minimum absolute atomic E-state index is 0.0763. The van der Waals surface area contributed by atoms with E-state index in [0.29, 0.717) is 49.7 Å². The molecule has 0 atom stereocenters. The molecule has 4 rings (SSSR count). The maximum absolute atomic E-state index is 13.0. The molecule has 0 fully saturated rings. The maximum Gasteiger partial charge on any atom is 0.272 e. The average Bonchev–Trinajstić information content (AvgIpc) is 3.11. The number of fused-ring (bicyclic) bond motifs is 1. The Kier molecular flexibility index (Phi) is 5.68. The van der Waals surface area contributed by atoms with Gasteiger partial charge >= 0.3 is 0 Å². The van der Waals surface area contributed by atoms with Crippen molar-refractivity contribution in [3.8, 4) is 5.75 Å². The number of ether oxygens (including phenoxy) is 1. The van der Waals surface area contributed by atoms with Crippen LogP contribution in [0.3, 0.4) is 0 Å². The van der Waals surface area contributed by atoms with Crippen molar-refractivity contribution in [2.75, 3.05) is 17.3 Å². The maximum atomic E-state index is 13.0. The number of amides is 1. The minimum atomic E-state index is -0.189. The number of halogens is 3. The van der Waals surface area contributed by atoms with Crippen LogP contribution in [0, 0.1) is 0 Å². The fraction of sp³-hybridized carbons (Fsp3) is 0.167. The van der Waals surface area contributed by atoms with Crippen molar-refractivity contribution < 1.29 is 9.53 Å². The van der Waals surface area contributed by atoms with Gasteiger partial charge in [0.1, 0.15) is 12.4 Å². The fourth-order valence-electron chi connectivity index (χ4n) is 2.73. The van der Waals surface area contributed by atoms with Gasteiger partial charge < -0.3 is 4.74 Å². The number of aromatic nitrogens is 3. The van der Waals surface area contributed by atoms with Gasteiger partial charge in [0, 0.05) is 27.4 Å². The van der Waals surface area contributed by atoms with Crippen molar-refractivity contribution in [2.45, 2.75) is 11.8 Å². The van der Waals surface area contributed by atoms with Gasteiger partial charge in [-0.15, -0.1) is 10.2 Å². The molecule has 1 aliphatic rings. The SMILES string of the molecule is O=C(c1cccc(Cl)c1)N1CCSc2nnc(COc3cc(Cl)ccc3Cl)n21. The van der Waals surface area contributed by atoms with E-state index in [0.717, 1.165) is 0 Å². The monoisotopic (exact) mass is 454 g/mol. The van der Waals surface area contributed by atoms with Crippen LogP contribution in [-0.2, 0) is 6.61 Å². The molecule has 144 valence electrons. The van der Waals surface area contributed by atoms with Gasteiger partial charge in [-0.3, -0.25) is 4.79 Å². The van der Waals surface area contributed by atoms with Gasteiger partial charge in [-0.05, 0) is 30.3 Å². The zero-order valence-corrected chi connectivity index (χ0v) is 17.4. The Morgan fingerprint density at radius 3 is 2.75 bits per heavy atom. The summed E-state index contributed by atoms with van der Waals surface area (Å²) in [6, 6.07) is 11.8. The summed E-state index contributed by atoms with van der Waals surface area (Å²) in [7, 11) is 0. The molecule has 2 aromatic carbocycles. The van der Waals surface area contributed by atoms with Gasteiger partial charge in [0.05, 0.1) is 11.6 Å². The molecule has 10 heteroatoms. The normalized spacial score (nSPS) is 13.3. The number of hydrogen-bond donors (Lipinski definition) is 0. The van der Waals surface area contributed by atoms with Crippen LogP contribution in [0.4, 0.5) is 0 Å². The molecule has 0 unspecified atom stereocenters. The van der Waals surface area contributed by atoms with Crippen LogP contribution in [-0.4, -0.2) is 33.1 Å². The zero-order chi connectivity index (χ0) is 19.7. The first-order chi connectivity index (χ1) is 13.5. The second kappa shape index (κ2) is 8.21. The van der Waals surface area contributed by atoms with Crippen molar-refractivity contribution in [3.05, 3.63) is 68.9 Å². The highest BCUT2D eigenvalue weighted by Crippen LogP contribution is 2.29. The van der Waals surface area contributed by atoms with Crippen LogP contribution >= 0.6 is 46.6 Å². The summed E-state index contributed by atoms with van der Waals surface area (Å²) in [6.45, 7) is 0.582. The van der Waals surface area contributed by atoms with Crippen LogP contribution in [0.2, 0.25) is 15.1 Å². The van der Waals surface area contributed by atoms with E-state index < -0.39 is 0 Å². The number of nitrogens with zero attached hydrogens (tertiary/aromatic N) is 4. The smallest absolute Gasteiger partial charge is 0.272 e. The lowest BCUT2D eigenvalue weighted by Crippen LogP contribution is -2.45. The molecule has 0 aliphatic carbocycles. The molecule has 0 spiro atoms.